The number of carbonyl (C=O) groups excluding carboxylic acids is 1. The lowest BCUT2D eigenvalue weighted by molar-refractivity contribution is -0.134. The third kappa shape index (κ3) is 5.17. The van der Waals surface area contributed by atoms with Gasteiger partial charge in [0, 0.05) is 12.6 Å². The van der Waals surface area contributed by atoms with Crippen molar-refractivity contribution in [3.05, 3.63) is 0 Å². The Morgan fingerprint density at radius 2 is 1.87 bits per heavy atom. The maximum Gasteiger partial charge on any atom is 0.239 e. The first-order valence-electron chi connectivity index (χ1n) is 6.10. The average Bonchev–Trinajstić information content (AvgIpc) is 2.21. The molecule has 2 N–H and O–H groups in total. The largest absolute Gasteiger partial charge is 0.339 e. The summed E-state index contributed by atoms with van der Waals surface area (Å²) >= 11 is 0. The van der Waals surface area contributed by atoms with Gasteiger partial charge in [0.05, 0.1) is 6.04 Å². The summed E-state index contributed by atoms with van der Waals surface area (Å²) in [6.07, 6.45) is 3.92. The van der Waals surface area contributed by atoms with E-state index in [1.807, 2.05) is 18.7 Å². The Hall–Kier alpha value is -0.570. The number of rotatable bonds is 7. The zero-order valence-electron chi connectivity index (χ0n) is 10.6. The first-order chi connectivity index (χ1) is 7.04. The summed E-state index contributed by atoms with van der Waals surface area (Å²) in [6.45, 7) is 9.10. The van der Waals surface area contributed by atoms with Gasteiger partial charge in [0.15, 0.2) is 0 Å². The maximum atomic E-state index is 12.0. The summed E-state index contributed by atoms with van der Waals surface area (Å²) in [6, 6.07) is -0.0518. The van der Waals surface area contributed by atoms with E-state index >= 15 is 0 Å². The summed E-state index contributed by atoms with van der Waals surface area (Å²) < 4.78 is 0. The molecule has 0 spiro atoms. The molecule has 15 heavy (non-hydrogen) atoms. The van der Waals surface area contributed by atoms with Gasteiger partial charge < -0.3 is 10.6 Å². The van der Waals surface area contributed by atoms with Crippen molar-refractivity contribution in [2.24, 2.45) is 5.73 Å². The van der Waals surface area contributed by atoms with Gasteiger partial charge in [0.25, 0.3) is 0 Å². The van der Waals surface area contributed by atoms with Crippen LogP contribution in [0.2, 0.25) is 0 Å². The first-order valence-corrected chi connectivity index (χ1v) is 6.10. The van der Waals surface area contributed by atoms with Crippen LogP contribution in [0.25, 0.3) is 0 Å². The fourth-order valence-corrected chi connectivity index (χ4v) is 1.62. The van der Waals surface area contributed by atoms with Crippen molar-refractivity contribution in [3.8, 4) is 0 Å². The van der Waals surface area contributed by atoms with Crippen LogP contribution < -0.4 is 5.73 Å². The number of nitrogens with two attached hydrogens (primary N) is 1. The summed E-state index contributed by atoms with van der Waals surface area (Å²) in [7, 11) is 0. The highest BCUT2D eigenvalue weighted by Gasteiger charge is 2.21. The summed E-state index contributed by atoms with van der Waals surface area (Å²) in [4.78, 5) is 13.9. The standard InChI is InChI=1S/C12H26N2O/c1-5-7-8-11(13)12(15)14(9-6-2)10(3)4/h10-11H,5-9,13H2,1-4H3. The van der Waals surface area contributed by atoms with Crippen molar-refractivity contribution in [1.82, 2.24) is 4.90 Å². The van der Waals surface area contributed by atoms with E-state index < -0.39 is 0 Å². The molecule has 0 saturated carbocycles. The molecule has 0 radical (unpaired) electrons. The molecule has 0 rings (SSSR count). The average molecular weight is 214 g/mol. The van der Waals surface area contributed by atoms with Gasteiger partial charge >= 0.3 is 0 Å². The number of amides is 1. The topological polar surface area (TPSA) is 46.3 Å². The molecule has 1 amide bonds. The van der Waals surface area contributed by atoms with Crippen molar-refractivity contribution in [2.75, 3.05) is 6.54 Å². The van der Waals surface area contributed by atoms with E-state index in [1.54, 1.807) is 0 Å². The fourth-order valence-electron chi connectivity index (χ4n) is 1.62. The monoisotopic (exact) mass is 214 g/mol. The SMILES string of the molecule is CCCCC(N)C(=O)N(CCC)C(C)C. The molecule has 0 aliphatic carbocycles. The van der Waals surface area contributed by atoms with E-state index in [1.165, 1.54) is 0 Å². The fraction of sp³-hybridized carbons (Fsp3) is 0.917. The molecule has 0 aromatic rings. The molecule has 3 heteroatoms. The number of unbranched alkanes of at least 4 members (excludes halogenated alkanes) is 1. The molecule has 1 atom stereocenters. The van der Waals surface area contributed by atoms with Crippen LogP contribution in [0.4, 0.5) is 0 Å². The minimum Gasteiger partial charge on any atom is -0.339 e. The van der Waals surface area contributed by atoms with E-state index in [9.17, 15) is 4.79 Å². The normalized spacial score (nSPS) is 12.9. The van der Waals surface area contributed by atoms with Crippen LogP contribution in [-0.4, -0.2) is 29.4 Å². The van der Waals surface area contributed by atoms with Crippen LogP contribution >= 0.6 is 0 Å². The Morgan fingerprint density at radius 3 is 2.27 bits per heavy atom. The van der Waals surface area contributed by atoms with Crippen molar-refractivity contribution in [2.45, 2.75) is 65.5 Å². The minimum absolute atomic E-state index is 0.111. The van der Waals surface area contributed by atoms with Crippen LogP contribution in [0.1, 0.15) is 53.4 Å². The van der Waals surface area contributed by atoms with E-state index in [2.05, 4.69) is 13.8 Å². The summed E-state index contributed by atoms with van der Waals surface area (Å²) in [5.74, 6) is 0.111. The predicted octanol–water partition coefficient (Wildman–Crippen LogP) is 2.15. The van der Waals surface area contributed by atoms with Gasteiger partial charge in [-0.3, -0.25) is 4.79 Å². The Morgan fingerprint density at radius 1 is 1.27 bits per heavy atom. The second-order valence-corrected chi connectivity index (χ2v) is 4.37. The van der Waals surface area contributed by atoms with Crippen LogP contribution in [0.15, 0.2) is 0 Å². The molecular formula is C12H26N2O. The van der Waals surface area contributed by atoms with Gasteiger partial charge in [0.1, 0.15) is 0 Å². The van der Waals surface area contributed by atoms with Crippen molar-refractivity contribution in [1.29, 1.82) is 0 Å². The molecule has 0 aromatic heterocycles. The first kappa shape index (κ1) is 14.4. The molecule has 0 aliphatic rings. The summed E-state index contributed by atoms with van der Waals surface area (Å²) in [5, 5.41) is 0. The lowest BCUT2D eigenvalue weighted by Crippen LogP contribution is -2.47. The molecule has 0 bridgehead atoms. The molecule has 0 aromatic carbocycles. The van der Waals surface area contributed by atoms with Crippen LogP contribution in [-0.2, 0) is 4.79 Å². The van der Waals surface area contributed by atoms with E-state index in [-0.39, 0.29) is 18.0 Å². The van der Waals surface area contributed by atoms with Gasteiger partial charge in [-0.1, -0.05) is 26.7 Å². The second-order valence-electron chi connectivity index (χ2n) is 4.37. The third-order valence-corrected chi connectivity index (χ3v) is 2.56. The van der Waals surface area contributed by atoms with Crippen molar-refractivity contribution >= 4 is 5.91 Å². The van der Waals surface area contributed by atoms with Crippen molar-refractivity contribution in [3.63, 3.8) is 0 Å². The minimum atomic E-state index is -0.307. The van der Waals surface area contributed by atoms with Gasteiger partial charge in [-0.15, -0.1) is 0 Å². The Bertz CT molecular complexity index is 180. The van der Waals surface area contributed by atoms with E-state index in [0.29, 0.717) is 0 Å². The molecular weight excluding hydrogens is 188 g/mol. The van der Waals surface area contributed by atoms with Crippen molar-refractivity contribution < 1.29 is 4.79 Å². The summed E-state index contributed by atoms with van der Waals surface area (Å²) in [5.41, 5.74) is 5.88. The zero-order chi connectivity index (χ0) is 11.8. The molecule has 0 saturated heterocycles. The number of hydrogen-bond acceptors (Lipinski definition) is 2. The lowest BCUT2D eigenvalue weighted by Gasteiger charge is -2.29. The lowest BCUT2D eigenvalue weighted by atomic mass is 10.1. The molecule has 1 unspecified atom stereocenters. The van der Waals surface area contributed by atoms with Gasteiger partial charge in [-0.05, 0) is 26.7 Å². The van der Waals surface area contributed by atoms with E-state index in [0.717, 1.165) is 32.2 Å². The molecule has 0 heterocycles. The highest BCUT2D eigenvalue weighted by molar-refractivity contribution is 5.81. The Labute approximate surface area is 94.0 Å². The highest BCUT2D eigenvalue weighted by Crippen LogP contribution is 2.06. The van der Waals surface area contributed by atoms with E-state index in [4.69, 9.17) is 5.73 Å². The number of carbonyl (C=O) groups is 1. The highest BCUT2D eigenvalue weighted by atomic mass is 16.2. The molecule has 3 nitrogen and oxygen atoms in total. The smallest absolute Gasteiger partial charge is 0.239 e. The number of hydrogen-bond donors (Lipinski definition) is 1. The zero-order valence-corrected chi connectivity index (χ0v) is 10.6. The second kappa shape index (κ2) is 7.69. The van der Waals surface area contributed by atoms with Crippen LogP contribution in [0.3, 0.4) is 0 Å². The predicted molar refractivity (Wildman–Crippen MR) is 64.6 cm³/mol. The van der Waals surface area contributed by atoms with Gasteiger partial charge in [-0.2, -0.15) is 0 Å². The molecule has 0 fully saturated rings. The quantitative estimate of drug-likeness (QED) is 0.706. The molecule has 0 aliphatic heterocycles. The molecule has 90 valence electrons. The third-order valence-electron chi connectivity index (χ3n) is 2.56. The van der Waals surface area contributed by atoms with Gasteiger partial charge in [0.2, 0.25) is 5.91 Å². The Kier molecular flexibility index (Phi) is 7.39. The number of nitrogens with zero attached hydrogens (tertiary/aromatic N) is 1. The van der Waals surface area contributed by atoms with Crippen LogP contribution in [0, 0.1) is 0 Å². The van der Waals surface area contributed by atoms with Gasteiger partial charge in [-0.25, -0.2) is 0 Å². The Balaban J connectivity index is 4.22. The van der Waals surface area contributed by atoms with Crippen LogP contribution in [0.5, 0.6) is 0 Å². The maximum absolute atomic E-state index is 12.0.